The minimum atomic E-state index is 0.159. The monoisotopic (exact) mass is 290 g/mol. The average Bonchev–Trinajstić information content (AvgIpc) is 2.79. The van der Waals surface area contributed by atoms with Gasteiger partial charge < -0.3 is 9.84 Å². The van der Waals surface area contributed by atoms with E-state index >= 15 is 0 Å². The van der Waals surface area contributed by atoms with E-state index in [0.717, 1.165) is 20.0 Å². The molecule has 0 bridgehead atoms. The van der Waals surface area contributed by atoms with Crippen LogP contribution in [0.25, 0.3) is 10.1 Å². The number of phenols is 1. The van der Waals surface area contributed by atoms with Gasteiger partial charge in [-0.25, -0.2) is 0 Å². The maximum absolute atomic E-state index is 9.63. The van der Waals surface area contributed by atoms with Crippen molar-refractivity contribution in [2.75, 3.05) is 0 Å². The maximum Gasteiger partial charge on any atom is 0.161 e. The van der Waals surface area contributed by atoms with Gasteiger partial charge in [0.2, 0.25) is 0 Å². The van der Waals surface area contributed by atoms with Crippen molar-refractivity contribution in [2.24, 2.45) is 0 Å². The van der Waals surface area contributed by atoms with Gasteiger partial charge in [0.15, 0.2) is 11.5 Å². The summed E-state index contributed by atoms with van der Waals surface area (Å²) in [5.74, 6) is 0.657. The Balaban J connectivity index is 1.80. The Bertz CT molecular complexity index is 721. The van der Waals surface area contributed by atoms with Crippen molar-refractivity contribution >= 4 is 33.0 Å². The number of halogens is 1. The lowest BCUT2D eigenvalue weighted by Crippen LogP contribution is -1.92. The summed E-state index contributed by atoms with van der Waals surface area (Å²) < 4.78 is 6.75. The normalized spacial score (nSPS) is 10.8. The van der Waals surface area contributed by atoms with Crippen LogP contribution in [0.3, 0.4) is 0 Å². The first-order chi connectivity index (χ1) is 9.22. The Kier molecular flexibility index (Phi) is 3.32. The number of phenolic OH excluding ortho intramolecular Hbond substituents is 1. The molecule has 1 heterocycles. The van der Waals surface area contributed by atoms with Crippen LogP contribution in [0.2, 0.25) is 5.02 Å². The molecule has 96 valence electrons. The number of rotatable bonds is 3. The van der Waals surface area contributed by atoms with Crippen LogP contribution in [0.4, 0.5) is 0 Å². The van der Waals surface area contributed by atoms with Gasteiger partial charge in [-0.15, -0.1) is 11.3 Å². The fraction of sp³-hybridized carbons (Fsp3) is 0.0667. The van der Waals surface area contributed by atoms with Crippen LogP contribution < -0.4 is 4.74 Å². The fourth-order valence-corrected chi connectivity index (χ4v) is 3.11. The van der Waals surface area contributed by atoms with Crippen molar-refractivity contribution < 1.29 is 9.84 Å². The Hall–Kier alpha value is -1.71. The number of hydrogen-bond acceptors (Lipinski definition) is 3. The molecule has 0 saturated carbocycles. The summed E-state index contributed by atoms with van der Waals surface area (Å²) in [4.78, 5) is 1.10. The summed E-state index contributed by atoms with van der Waals surface area (Å²) in [5.41, 5.74) is 0. The summed E-state index contributed by atoms with van der Waals surface area (Å²) in [6, 6.07) is 14.9. The number of hydrogen-bond donors (Lipinski definition) is 1. The molecule has 0 saturated heterocycles. The SMILES string of the molecule is Oc1ccccc1OCc1cc2ccc(Cl)cc2s1. The zero-order valence-corrected chi connectivity index (χ0v) is 11.5. The van der Waals surface area contributed by atoms with Gasteiger partial charge in [-0.3, -0.25) is 0 Å². The van der Waals surface area contributed by atoms with Gasteiger partial charge in [-0.05, 0) is 35.7 Å². The minimum absolute atomic E-state index is 0.159. The van der Waals surface area contributed by atoms with E-state index < -0.39 is 0 Å². The van der Waals surface area contributed by atoms with E-state index in [1.807, 2.05) is 24.3 Å². The van der Waals surface area contributed by atoms with E-state index in [2.05, 4.69) is 6.07 Å². The molecule has 0 unspecified atom stereocenters. The average molecular weight is 291 g/mol. The Morgan fingerprint density at radius 2 is 1.95 bits per heavy atom. The molecule has 19 heavy (non-hydrogen) atoms. The van der Waals surface area contributed by atoms with Gasteiger partial charge >= 0.3 is 0 Å². The number of thiophene rings is 1. The number of ether oxygens (including phenoxy) is 1. The Morgan fingerprint density at radius 3 is 2.79 bits per heavy atom. The fourth-order valence-electron chi connectivity index (χ4n) is 1.86. The third kappa shape index (κ3) is 2.67. The predicted octanol–water partition coefficient (Wildman–Crippen LogP) is 4.84. The second kappa shape index (κ2) is 5.11. The highest BCUT2D eigenvalue weighted by Gasteiger charge is 2.05. The van der Waals surface area contributed by atoms with E-state index in [1.165, 1.54) is 0 Å². The smallest absolute Gasteiger partial charge is 0.161 e. The van der Waals surface area contributed by atoms with Crippen molar-refractivity contribution in [3.63, 3.8) is 0 Å². The molecular weight excluding hydrogens is 280 g/mol. The van der Waals surface area contributed by atoms with E-state index in [0.29, 0.717) is 12.4 Å². The van der Waals surface area contributed by atoms with Crippen molar-refractivity contribution in [3.8, 4) is 11.5 Å². The summed E-state index contributed by atoms with van der Waals surface area (Å²) in [5, 5.41) is 11.5. The molecule has 0 aliphatic rings. The lowest BCUT2D eigenvalue weighted by Gasteiger charge is -2.05. The molecule has 0 radical (unpaired) electrons. The highest BCUT2D eigenvalue weighted by molar-refractivity contribution is 7.19. The molecule has 1 aromatic heterocycles. The number of aromatic hydroxyl groups is 1. The first-order valence-electron chi connectivity index (χ1n) is 5.81. The highest BCUT2D eigenvalue weighted by Crippen LogP contribution is 2.30. The maximum atomic E-state index is 9.63. The number of para-hydroxylation sites is 2. The van der Waals surface area contributed by atoms with Crippen molar-refractivity contribution in [1.82, 2.24) is 0 Å². The minimum Gasteiger partial charge on any atom is -0.504 e. The zero-order chi connectivity index (χ0) is 13.2. The van der Waals surface area contributed by atoms with Crippen LogP contribution in [-0.4, -0.2) is 5.11 Å². The summed E-state index contributed by atoms with van der Waals surface area (Å²) >= 11 is 7.61. The first kappa shape index (κ1) is 12.3. The first-order valence-corrected chi connectivity index (χ1v) is 7.00. The molecule has 0 spiro atoms. The van der Waals surface area contributed by atoms with Crippen LogP contribution in [-0.2, 0) is 6.61 Å². The Labute approximate surface area is 119 Å². The molecule has 1 N–H and O–H groups in total. The summed E-state index contributed by atoms with van der Waals surface area (Å²) in [6.07, 6.45) is 0. The second-order valence-electron chi connectivity index (χ2n) is 4.15. The van der Waals surface area contributed by atoms with Crippen molar-refractivity contribution in [3.05, 3.63) is 58.4 Å². The molecule has 0 atom stereocenters. The molecule has 2 aromatic carbocycles. The van der Waals surface area contributed by atoms with Gasteiger partial charge in [0.1, 0.15) is 6.61 Å². The van der Waals surface area contributed by atoms with Gasteiger partial charge in [0.05, 0.1) is 0 Å². The van der Waals surface area contributed by atoms with Crippen LogP contribution in [0.15, 0.2) is 48.5 Å². The predicted molar refractivity (Wildman–Crippen MR) is 79.3 cm³/mol. The second-order valence-corrected chi connectivity index (χ2v) is 5.76. The van der Waals surface area contributed by atoms with Gasteiger partial charge in [-0.2, -0.15) is 0 Å². The van der Waals surface area contributed by atoms with E-state index in [9.17, 15) is 5.11 Å². The molecule has 0 aliphatic carbocycles. The van der Waals surface area contributed by atoms with Crippen LogP contribution in [0.1, 0.15) is 4.88 Å². The number of benzene rings is 2. The molecule has 3 aromatic rings. The standard InChI is InChI=1S/C15H11ClO2S/c16-11-6-5-10-7-12(19-15(10)8-11)9-18-14-4-2-1-3-13(14)17/h1-8,17H,9H2. The molecule has 0 amide bonds. The van der Waals surface area contributed by atoms with Gasteiger partial charge in [-0.1, -0.05) is 29.8 Å². The lowest BCUT2D eigenvalue weighted by molar-refractivity contribution is 0.292. The van der Waals surface area contributed by atoms with Gasteiger partial charge in [0, 0.05) is 14.6 Å². The Morgan fingerprint density at radius 1 is 1.11 bits per heavy atom. The van der Waals surface area contributed by atoms with Crippen LogP contribution in [0, 0.1) is 0 Å². The quantitative estimate of drug-likeness (QED) is 0.748. The topological polar surface area (TPSA) is 29.5 Å². The lowest BCUT2D eigenvalue weighted by atomic mass is 10.2. The molecule has 3 rings (SSSR count). The molecule has 0 fully saturated rings. The molecular formula is C15H11ClO2S. The molecule has 0 aliphatic heterocycles. The van der Waals surface area contributed by atoms with Crippen LogP contribution >= 0.6 is 22.9 Å². The van der Waals surface area contributed by atoms with Crippen molar-refractivity contribution in [1.29, 1.82) is 0 Å². The molecule has 4 heteroatoms. The third-order valence-electron chi connectivity index (χ3n) is 2.77. The third-order valence-corrected chi connectivity index (χ3v) is 4.07. The largest absolute Gasteiger partial charge is 0.504 e. The summed E-state index contributed by atoms with van der Waals surface area (Å²) in [6.45, 7) is 0.439. The number of fused-ring (bicyclic) bond motifs is 1. The van der Waals surface area contributed by atoms with E-state index in [1.54, 1.807) is 29.5 Å². The van der Waals surface area contributed by atoms with Gasteiger partial charge in [0.25, 0.3) is 0 Å². The van der Waals surface area contributed by atoms with E-state index in [4.69, 9.17) is 16.3 Å². The summed E-state index contributed by atoms with van der Waals surface area (Å²) in [7, 11) is 0. The molecule has 2 nitrogen and oxygen atoms in total. The van der Waals surface area contributed by atoms with E-state index in [-0.39, 0.29) is 5.75 Å². The van der Waals surface area contributed by atoms with Crippen molar-refractivity contribution in [2.45, 2.75) is 6.61 Å². The van der Waals surface area contributed by atoms with Crippen LogP contribution in [0.5, 0.6) is 11.5 Å². The zero-order valence-electron chi connectivity index (χ0n) is 9.97. The highest BCUT2D eigenvalue weighted by atomic mass is 35.5.